The summed E-state index contributed by atoms with van der Waals surface area (Å²) < 4.78 is 1.84. The maximum Gasteiger partial charge on any atom is 0.170 e. The minimum Gasteiger partial charge on any atom is -0.338 e. The second kappa shape index (κ2) is 4.72. The average molecular weight is 249 g/mol. The number of Topliss-reactive ketones (excluding diaryl/α,β-unsaturated/α-hetero) is 1. The smallest absolute Gasteiger partial charge is 0.170 e. The van der Waals surface area contributed by atoms with Gasteiger partial charge in [0.05, 0.1) is 6.42 Å². The van der Waals surface area contributed by atoms with Crippen LogP contribution in [0.3, 0.4) is 0 Å². The van der Waals surface area contributed by atoms with Gasteiger partial charge in [-0.2, -0.15) is 0 Å². The summed E-state index contributed by atoms with van der Waals surface area (Å²) in [5.74, 6) is 0.789. The Kier molecular flexibility index (Phi) is 3.29. The lowest BCUT2D eigenvalue weighted by molar-refractivity contribution is 0.0990. The number of benzene rings is 1. The normalized spacial score (nSPS) is 10.5. The summed E-state index contributed by atoms with van der Waals surface area (Å²) in [5.41, 5.74) is 1.62. The maximum absolute atomic E-state index is 12.1. The lowest BCUT2D eigenvalue weighted by Gasteiger charge is -2.04. The van der Waals surface area contributed by atoms with Gasteiger partial charge in [-0.15, -0.1) is 0 Å². The Bertz CT molecular complexity index is 540. The molecule has 0 fully saturated rings. The highest BCUT2D eigenvalue weighted by Crippen LogP contribution is 2.16. The van der Waals surface area contributed by atoms with Crippen molar-refractivity contribution >= 4 is 17.4 Å². The van der Waals surface area contributed by atoms with Crippen LogP contribution in [-0.2, 0) is 13.5 Å². The average Bonchev–Trinajstić information content (AvgIpc) is 2.63. The summed E-state index contributed by atoms with van der Waals surface area (Å²) in [6.07, 6.45) is 3.81. The molecule has 0 bridgehead atoms. The van der Waals surface area contributed by atoms with Crippen molar-refractivity contribution in [2.75, 3.05) is 0 Å². The Balaban J connectivity index is 2.23. The molecular formula is C13H13ClN2O. The largest absolute Gasteiger partial charge is 0.338 e. The van der Waals surface area contributed by atoms with Gasteiger partial charge in [-0.25, -0.2) is 4.98 Å². The summed E-state index contributed by atoms with van der Waals surface area (Å²) in [6, 6.07) is 5.37. The number of imidazole rings is 1. The monoisotopic (exact) mass is 248 g/mol. The van der Waals surface area contributed by atoms with Crippen molar-refractivity contribution in [3.05, 3.63) is 52.6 Å². The minimum absolute atomic E-state index is 0.0323. The van der Waals surface area contributed by atoms with Crippen molar-refractivity contribution in [3.63, 3.8) is 0 Å². The van der Waals surface area contributed by atoms with Gasteiger partial charge in [0.1, 0.15) is 5.82 Å². The third kappa shape index (κ3) is 2.74. The molecule has 0 amide bonds. The number of carbonyl (C=O) groups is 1. The van der Waals surface area contributed by atoms with Crippen molar-refractivity contribution in [3.8, 4) is 0 Å². The summed E-state index contributed by atoms with van der Waals surface area (Å²) in [7, 11) is 1.87. The maximum atomic E-state index is 12.1. The molecule has 0 atom stereocenters. The van der Waals surface area contributed by atoms with E-state index in [9.17, 15) is 4.79 Å². The van der Waals surface area contributed by atoms with Crippen molar-refractivity contribution in [2.45, 2.75) is 13.3 Å². The molecule has 0 aliphatic rings. The highest BCUT2D eigenvalue weighted by Gasteiger charge is 2.11. The third-order valence-electron chi connectivity index (χ3n) is 2.60. The number of carbonyl (C=O) groups excluding carboxylic acids is 1. The fourth-order valence-electron chi connectivity index (χ4n) is 1.71. The molecule has 4 heteroatoms. The minimum atomic E-state index is 0.0323. The zero-order chi connectivity index (χ0) is 12.4. The van der Waals surface area contributed by atoms with Crippen molar-refractivity contribution in [2.24, 2.45) is 7.05 Å². The van der Waals surface area contributed by atoms with Gasteiger partial charge >= 0.3 is 0 Å². The number of hydrogen-bond donors (Lipinski definition) is 0. The van der Waals surface area contributed by atoms with Crippen LogP contribution in [0, 0.1) is 6.92 Å². The van der Waals surface area contributed by atoms with Gasteiger partial charge < -0.3 is 4.57 Å². The number of rotatable bonds is 3. The molecule has 17 heavy (non-hydrogen) atoms. The van der Waals surface area contributed by atoms with Crippen LogP contribution in [0.1, 0.15) is 21.7 Å². The van der Waals surface area contributed by atoms with Gasteiger partial charge in [-0.1, -0.05) is 11.6 Å². The third-order valence-corrected chi connectivity index (χ3v) is 2.82. The SMILES string of the molecule is Cc1cc(Cl)cc(C(=O)Cc2nccn2C)c1. The molecule has 0 unspecified atom stereocenters. The lowest BCUT2D eigenvalue weighted by atomic mass is 10.1. The van der Waals surface area contributed by atoms with Gasteiger partial charge in [0.25, 0.3) is 0 Å². The zero-order valence-electron chi connectivity index (χ0n) is 9.77. The molecule has 1 aromatic heterocycles. The number of ketones is 1. The molecular weight excluding hydrogens is 236 g/mol. The molecule has 0 radical (unpaired) electrons. The van der Waals surface area contributed by atoms with E-state index in [2.05, 4.69) is 4.98 Å². The predicted octanol–water partition coefficient (Wildman–Crippen LogP) is 2.81. The van der Waals surface area contributed by atoms with E-state index in [0.717, 1.165) is 11.4 Å². The van der Waals surface area contributed by atoms with Crippen LogP contribution in [0.15, 0.2) is 30.6 Å². The Morgan fingerprint density at radius 1 is 1.41 bits per heavy atom. The van der Waals surface area contributed by atoms with Crippen LogP contribution in [0.4, 0.5) is 0 Å². The van der Waals surface area contributed by atoms with Crippen molar-refractivity contribution < 1.29 is 4.79 Å². The highest BCUT2D eigenvalue weighted by molar-refractivity contribution is 6.31. The molecule has 0 aliphatic carbocycles. The first kappa shape index (κ1) is 11.9. The standard InChI is InChI=1S/C13H13ClN2O/c1-9-5-10(7-11(14)6-9)12(17)8-13-15-3-4-16(13)2/h3-7H,8H2,1-2H3. The first-order valence-electron chi connectivity index (χ1n) is 5.33. The summed E-state index contributed by atoms with van der Waals surface area (Å²) in [5, 5.41) is 0.591. The van der Waals surface area contributed by atoms with Gasteiger partial charge in [-0.05, 0) is 30.7 Å². The van der Waals surface area contributed by atoms with E-state index < -0.39 is 0 Å². The number of aryl methyl sites for hydroxylation is 2. The quantitative estimate of drug-likeness (QED) is 0.783. The van der Waals surface area contributed by atoms with Crippen LogP contribution in [0.2, 0.25) is 5.02 Å². The van der Waals surface area contributed by atoms with Crippen molar-refractivity contribution in [1.82, 2.24) is 9.55 Å². The van der Waals surface area contributed by atoms with Gasteiger partial charge in [0.15, 0.2) is 5.78 Å². The Morgan fingerprint density at radius 2 is 2.18 bits per heavy atom. The summed E-state index contributed by atoms with van der Waals surface area (Å²) in [6.45, 7) is 1.92. The molecule has 88 valence electrons. The molecule has 1 aromatic carbocycles. The molecule has 3 nitrogen and oxygen atoms in total. The van der Waals surface area contributed by atoms with Crippen molar-refractivity contribution in [1.29, 1.82) is 0 Å². The Morgan fingerprint density at radius 3 is 2.76 bits per heavy atom. The molecule has 2 rings (SSSR count). The second-order valence-electron chi connectivity index (χ2n) is 4.07. The lowest BCUT2D eigenvalue weighted by Crippen LogP contribution is -2.08. The molecule has 2 aromatic rings. The van der Waals surface area contributed by atoms with E-state index in [4.69, 9.17) is 11.6 Å². The van der Waals surface area contributed by atoms with Gasteiger partial charge in [0.2, 0.25) is 0 Å². The fraction of sp³-hybridized carbons (Fsp3) is 0.231. The Labute approximate surface area is 105 Å². The Hall–Kier alpha value is -1.61. The van der Waals surface area contributed by atoms with Gasteiger partial charge in [-0.3, -0.25) is 4.79 Å². The summed E-state index contributed by atoms with van der Waals surface area (Å²) >= 11 is 5.93. The number of halogens is 1. The molecule has 1 heterocycles. The summed E-state index contributed by atoms with van der Waals surface area (Å²) in [4.78, 5) is 16.2. The van der Waals surface area contributed by atoms with Crippen LogP contribution < -0.4 is 0 Å². The highest BCUT2D eigenvalue weighted by atomic mass is 35.5. The molecule has 0 spiro atoms. The van der Waals surface area contributed by atoms with E-state index in [1.54, 1.807) is 12.3 Å². The first-order valence-corrected chi connectivity index (χ1v) is 5.70. The van der Waals surface area contributed by atoms with E-state index in [-0.39, 0.29) is 5.78 Å². The fourth-order valence-corrected chi connectivity index (χ4v) is 2.00. The van der Waals surface area contributed by atoms with E-state index in [1.165, 1.54) is 0 Å². The van der Waals surface area contributed by atoms with E-state index in [1.807, 2.05) is 36.9 Å². The van der Waals surface area contributed by atoms with Crippen LogP contribution in [-0.4, -0.2) is 15.3 Å². The first-order chi connectivity index (χ1) is 8.06. The molecule has 0 N–H and O–H groups in total. The zero-order valence-corrected chi connectivity index (χ0v) is 10.5. The van der Waals surface area contributed by atoms with E-state index >= 15 is 0 Å². The number of hydrogen-bond acceptors (Lipinski definition) is 2. The van der Waals surface area contributed by atoms with Gasteiger partial charge in [0, 0.05) is 30.0 Å². The molecule has 0 aliphatic heterocycles. The number of nitrogens with zero attached hydrogens (tertiary/aromatic N) is 2. The van der Waals surface area contributed by atoms with Crippen LogP contribution >= 0.6 is 11.6 Å². The predicted molar refractivity (Wildman–Crippen MR) is 67.4 cm³/mol. The van der Waals surface area contributed by atoms with E-state index in [0.29, 0.717) is 17.0 Å². The van der Waals surface area contributed by atoms with Crippen LogP contribution in [0.5, 0.6) is 0 Å². The molecule has 0 saturated carbocycles. The van der Waals surface area contributed by atoms with Crippen LogP contribution in [0.25, 0.3) is 0 Å². The molecule has 0 saturated heterocycles. The topological polar surface area (TPSA) is 34.9 Å². The second-order valence-corrected chi connectivity index (χ2v) is 4.51. The number of aromatic nitrogens is 2.